The maximum Gasteiger partial charge on any atom is 0.335 e. The molecule has 7 heteroatoms. The first kappa shape index (κ1) is 16.5. The van der Waals surface area contributed by atoms with Gasteiger partial charge in [-0.05, 0) is 43.7 Å². The standard InChI is InChI=1S/C18H17N3O4/c1-11-5-6-13(18(23)24)8-14(11)20-16(22)10-25-15-4-3-7-21-9-12(2)19-17(15)21/h3-9H,10H2,1-2H3,(H,20,22)(H,23,24). The van der Waals surface area contributed by atoms with Crippen molar-refractivity contribution in [3.63, 3.8) is 0 Å². The summed E-state index contributed by atoms with van der Waals surface area (Å²) in [7, 11) is 0. The molecule has 0 radical (unpaired) electrons. The highest BCUT2D eigenvalue weighted by Crippen LogP contribution is 2.20. The van der Waals surface area contributed by atoms with Crippen LogP contribution >= 0.6 is 0 Å². The minimum absolute atomic E-state index is 0.111. The van der Waals surface area contributed by atoms with Gasteiger partial charge in [-0.15, -0.1) is 0 Å². The van der Waals surface area contributed by atoms with E-state index in [-0.39, 0.29) is 18.1 Å². The number of carbonyl (C=O) groups excluding carboxylic acids is 1. The number of amides is 1. The SMILES string of the molecule is Cc1cn2cccc(OCC(=O)Nc3cc(C(=O)O)ccc3C)c2n1. The molecule has 3 rings (SSSR count). The van der Waals surface area contributed by atoms with E-state index < -0.39 is 5.97 Å². The lowest BCUT2D eigenvalue weighted by molar-refractivity contribution is -0.118. The van der Waals surface area contributed by atoms with Crippen LogP contribution in [0, 0.1) is 13.8 Å². The zero-order valence-electron chi connectivity index (χ0n) is 13.8. The molecule has 0 aliphatic carbocycles. The molecule has 128 valence electrons. The van der Waals surface area contributed by atoms with Crippen LogP contribution in [0.3, 0.4) is 0 Å². The smallest absolute Gasteiger partial charge is 0.335 e. The number of aryl methyl sites for hydroxylation is 2. The van der Waals surface area contributed by atoms with E-state index >= 15 is 0 Å². The lowest BCUT2D eigenvalue weighted by Crippen LogP contribution is -2.21. The lowest BCUT2D eigenvalue weighted by Gasteiger charge is -2.11. The summed E-state index contributed by atoms with van der Waals surface area (Å²) >= 11 is 0. The number of hydrogen-bond donors (Lipinski definition) is 2. The van der Waals surface area contributed by atoms with Crippen LogP contribution in [0.1, 0.15) is 21.6 Å². The quantitative estimate of drug-likeness (QED) is 0.745. The Balaban J connectivity index is 1.71. The second-order valence-corrected chi connectivity index (χ2v) is 5.66. The number of carboxylic acids is 1. The number of anilines is 1. The molecule has 0 saturated carbocycles. The molecule has 0 bridgehead atoms. The molecule has 2 N–H and O–H groups in total. The van der Waals surface area contributed by atoms with Gasteiger partial charge in [-0.3, -0.25) is 4.79 Å². The Labute approximate surface area is 143 Å². The molecule has 0 spiro atoms. The molecule has 2 heterocycles. The third-order valence-corrected chi connectivity index (χ3v) is 3.68. The molecular formula is C18H17N3O4. The first-order valence-electron chi connectivity index (χ1n) is 7.65. The van der Waals surface area contributed by atoms with E-state index in [0.717, 1.165) is 11.3 Å². The number of aromatic nitrogens is 2. The van der Waals surface area contributed by atoms with Gasteiger partial charge >= 0.3 is 5.97 Å². The van der Waals surface area contributed by atoms with Crippen LogP contribution < -0.4 is 10.1 Å². The molecule has 0 fully saturated rings. The highest BCUT2D eigenvalue weighted by molar-refractivity contribution is 5.95. The van der Waals surface area contributed by atoms with Crippen LogP contribution in [0.25, 0.3) is 5.65 Å². The van der Waals surface area contributed by atoms with Crippen LogP contribution in [0.4, 0.5) is 5.69 Å². The minimum Gasteiger partial charge on any atom is -0.480 e. The van der Waals surface area contributed by atoms with Gasteiger partial charge in [0.25, 0.3) is 5.91 Å². The second kappa shape index (κ2) is 6.64. The molecule has 2 aromatic heterocycles. The molecular weight excluding hydrogens is 322 g/mol. The highest BCUT2D eigenvalue weighted by atomic mass is 16.5. The Morgan fingerprint density at radius 3 is 2.84 bits per heavy atom. The van der Waals surface area contributed by atoms with Crippen molar-refractivity contribution in [3.8, 4) is 5.75 Å². The van der Waals surface area contributed by atoms with Crippen molar-refractivity contribution in [2.45, 2.75) is 13.8 Å². The zero-order valence-corrected chi connectivity index (χ0v) is 13.8. The maximum atomic E-state index is 12.1. The van der Waals surface area contributed by atoms with Crippen molar-refractivity contribution >= 4 is 23.2 Å². The molecule has 1 aromatic carbocycles. The largest absolute Gasteiger partial charge is 0.480 e. The van der Waals surface area contributed by atoms with Gasteiger partial charge in [-0.2, -0.15) is 0 Å². The van der Waals surface area contributed by atoms with Crippen LogP contribution in [-0.4, -0.2) is 33.0 Å². The zero-order chi connectivity index (χ0) is 18.0. The van der Waals surface area contributed by atoms with E-state index in [9.17, 15) is 9.59 Å². The van der Waals surface area contributed by atoms with Crippen LogP contribution in [0.2, 0.25) is 0 Å². The van der Waals surface area contributed by atoms with E-state index in [1.165, 1.54) is 12.1 Å². The number of nitrogens with one attached hydrogen (secondary N) is 1. The van der Waals surface area contributed by atoms with Gasteiger partial charge in [0.2, 0.25) is 0 Å². The number of hydrogen-bond acceptors (Lipinski definition) is 4. The third kappa shape index (κ3) is 3.60. The average molecular weight is 339 g/mol. The number of ether oxygens (including phenoxy) is 1. The van der Waals surface area contributed by atoms with Crippen molar-refractivity contribution in [2.24, 2.45) is 0 Å². The van der Waals surface area contributed by atoms with Crippen molar-refractivity contribution in [3.05, 3.63) is 59.5 Å². The van der Waals surface area contributed by atoms with Gasteiger partial charge in [-0.25, -0.2) is 9.78 Å². The van der Waals surface area contributed by atoms with E-state index in [4.69, 9.17) is 9.84 Å². The van der Waals surface area contributed by atoms with Gasteiger partial charge in [0.05, 0.1) is 11.3 Å². The summed E-state index contributed by atoms with van der Waals surface area (Å²) in [6.45, 7) is 3.46. The number of fused-ring (bicyclic) bond motifs is 1. The number of imidazole rings is 1. The maximum absolute atomic E-state index is 12.1. The summed E-state index contributed by atoms with van der Waals surface area (Å²) < 4.78 is 7.39. The van der Waals surface area contributed by atoms with E-state index in [2.05, 4.69) is 10.3 Å². The summed E-state index contributed by atoms with van der Waals surface area (Å²) in [5.74, 6) is -0.925. The Morgan fingerprint density at radius 1 is 1.28 bits per heavy atom. The fourth-order valence-corrected chi connectivity index (χ4v) is 2.44. The van der Waals surface area contributed by atoms with E-state index in [1.54, 1.807) is 19.1 Å². The number of aromatic carboxylic acids is 1. The fourth-order valence-electron chi connectivity index (χ4n) is 2.44. The second-order valence-electron chi connectivity index (χ2n) is 5.66. The minimum atomic E-state index is -1.05. The molecule has 25 heavy (non-hydrogen) atoms. The monoisotopic (exact) mass is 339 g/mol. The number of nitrogens with zero attached hydrogens (tertiary/aromatic N) is 2. The number of rotatable bonds is 5. The predicted molar refractivity (Wildman–Crippen MR) is 92.2 cm³/mol. The Bertz CT molecular complexity index is 962. The van der Waals surface area contributed by atoms with Crippen molar-refractivity contribution in [2.75, 3.05) is 11.9 Å². The summed E-state index contributed by atoms with van der Waals surface area (Å²) in [6, 6.07) is 8.11. The summed E-state index contributed by atoms with van der Waals surface area (Å²) in [5, 5.41) is 11.7. The molecule has 3 aromatic rings. The molecule has 0 saturated heterocycles. The van der Waals surface area contributed by atoms with Gasteiger partial charge in [-0.1, -0.05) is 6.07 Å². The molecule has 0 atom stereocenters. The number of carbonyl (C=O) groups is 2. The molecule has 0 aliphatic heterocycles. The Morgan fingerprint density at radius 2 is 2.08 bits per heavy atom. The van der Waals surface area contributed by atoms with Gasteiger partial charge in [0, 0.05) is 18.1 Å². The Hall–Kier alpha value is -3.35. The average Bonchev–Trinajstić information content (AvgIpc) is 2.95. The lowest BCUT2D eigenvalue weighted by atomic mass is 10.1. The summed E-state index contributed by atoms with van der Waals surface area (Å²) in [4.78, 5) is 27.6. The topological polar surface area (TPSA) is 92.9 Å². The summed E-state index contributed by atoms with van der Waals surface area (Å²) in [6.07, 6.45) is 3.71. The Kier molecular flexibility index (Phi) is 4.38. The van der Waals surface area contributed by atoms with Crippen molar-refractivity contribution in [1.29, 1.82) is 0 Å². The van der Waals surface area contributed by atoms with Gasteiger partial charge in [0.1, 0.15) is 0 Å². The molecule has 7 nitrogen and oxygen atoms in total. The van der Waals surface area contributed by atoms with Crippen molar-refractivity contribution in [1.82, 2.24) is 9.38 Å². The predicted octanol–water partition coefficient (Wildman–Crippen LogP) is 2.67. The number of pyridine rings is 1. The molecule has 0 aliphatic rings. The fraction of sp³-hybridized carbons (Fsp3) is 0.167. The normalized spacial score (nSPS) is 10.6. The van der Waals surface area contributed by atoms with Crippen molar-refractivity contribution < 1.29 is 19.4 Å². The van der Waals surface area contributed by atoms with Crippen LogP contribution in [-0.2, 0) is 4.79 Å². The third-order valence-electron chi connectivity index (χ3n) is 3.68. The van der Waals surface area contributed by atoms with E-state index in [1.807, 2.05) is 29.8 Å². The number of carboxylic acid groups (broad SMARTS) is 1. The van der Waals surface area contributed by atoms with Gasteiger partial charge < -0.3 is 19.6 Å². The van der Waals surface area contributed by atoms with Gasteiger partial charge in [0.15, 0.2) is 18.0 Å². The van der Waals surface area contributed by atoms with Crippen LogP contribution in [0.15, 0.2) is 42.7 Å². The number of benzene rings is 1. The van der Waals surface area contributed by atoms with Crippen LogP contribution in [0.5, 0.6) is 5.75 Å². The first-order valence-corrected chi connectivity index (χ1v) is 7.65. The molecule has 1 amide bonds. The van der Waals surface area contributed by atoms with E-state index in [0.29, 0.717) is 17.1 Å². The first-order chi connectivity index (χ1) is 11.9. The summed E-state index contributed by atoms with van der Waals surface area (Å²) in [5.41, 5.74) is 2.81. The molecule has 0 unspecified atom stereocenters. The highest BCUT2D eigenvalue weighted by Gasteiger charge is 2.11.